The van der Waals surface area contributed by atoms with Crippen LogP contribution in [0.25, 0.3) is 0 Å². The van der Waals surface area contributed by atoms with Crippen LogP contribution in [0.15, 0.2) is 66.9 Å². The number of hydrogen-bond acceptors (Lipinski definition) is 3. The monoisotopic (exact) mass is 377 g/mol. The molecule has 0 aliphatic rings. The molecule has 0 aliphatic heterocycles. The predicted molar refractivity (Wildman–Crippen MR) is 106 cm³/mol. The Morgan fingerprint density at radius 2 is 1.68 bits per heavy atom. The molecule has 3 aromatic rings. The molecule has 6 heteroatoms. The van der Waals surface area contributed by atoms with Crippen LogP contribution in [-0.4, -0.2) is 16.8 Å². The number of halogens is 1. The molecule has 0 unspecified atom stereocenters. The number of aryl methyl sites for hydroxylation is 1. The molecule has 2 N–H and O–H groups in total. The van der Waals surface area contributed by atoms with Crippen LogP contribution in [0, 0.1) is 5.82 Å². The Labute approximate surface area is 162 Å². The Bertz CT molecular complexity index is 1000. The van der Waals surface area contributed by atoms with Crippen LogP contribution in [-0.2, 0) is 13.0 Å². The Hall–Kier alpha value is -3.54. The molecule has 0 spiro atoms. The summed E-state index contributed by atoms with van der Waals surface area (Å²) in [4.78, 5) is 28.9. The first kappa shape index (κ1) is 19.2. The first-order chi connectivity index (χ1) is 13.6. The van der Waals surface area contributed by atoms with Gasteiger partial charge in [0.1, 0.15) is 11.5 Å². The molecule has 2 aromatic carbocycles. The SMILES string of the molecule is CCc1ccccc1NC(=O)c1cc(C(=O)NCc2ccccc2F)ccn1. The minimum Gasteiger partial charge on any atom is -0.348 e. The number of benzene rings is 2. The zero-order chi connectivity index (χ0) is 19.9. The van der Waals surface area contributed by atoms with E-state index in [1.165, 1.54) is 24.4 Å². The summed E-state index contributed by atoms with van der Waals surface area (Å²) < 4.78 is 13.7. The van der Waals surface area contributed by atoms with Crippen LogP contribution in [0.3, 0.4) is 0 Å². The van der Waals surface area contributed by atoms with Crippen LogP contribution < -0.4 is 10.6 Å². The highest BCUT2D eigenvalue weighted by Gasteiger charge is 2.13. The number of pyridine rings is 1. The van der Waals surface area contributed by atoms with E-state index >= 15 is 0 Å². The molecule has 3 rings (SSSR count). The van der Waals surface area contributed by atoms with E-state index in [0.717, 1.165) is 12.0 Å². The van der Waals surface area contributed by atoms with E-state index in [9.17, 15) is 14.0 Å². The minimum absolute atomic E-state index is 0.0548. The second-order valence-electron chi connectivity index (χ2n) is 6.17. The molecule has 0 bridgehead atoms. The van der Waals surface area contributed by atoms with Gasteiger partial charge in [0.05, 0.1) is 0 Å². The fourth-order valence-electron chi connectivity index (χ4n) is 2.75. The summed E-state index contributed by atoms with van der Waals surface area (Å²) in [6.45, 7) is 2.06. The van der Waals surface area contributed by atoms with Crippen molar-refractivity contribution in [2.24, 2.45) is 0 Å². The number of nitrogens with one attached hydrogen (secondary N) is 2. The third-order valence-corrected chi connectivity index (χ3v) is 4.30. The van der Waals surface area contributed by atoms with Crippen molar-refractivity contribution < 1.29 is 14.0 Å². The Morgan fingerprint density at radius 1 is 0.964 bits per heavy atom. The molecule has 5 nitrogen and oxygen atoms in total. The lowest BCUT2D eigenvalue weighted by Crippen LogP contribution is -2.24. The lowest BCUT2D eigenvalue weighted by Gasteiger charge is -2.10. The van der Waals surface area contributed by atoms with Gasteiger partial charge in [0.25, 0.3) is 11.8 Å². The molecule has 142 valence electrons. The van der Waals surface area contributed by atoms with Crippen molar-refractivity contribution in [1.29, 1.82) is 0 Å². The molecule has 0 radical (unpaired) electrons. The lowest BCUT2D eigenvalue weighted by molar-refractivity contribution is 0.0950. The van der Waals surface area contributed by atoms with Gasteiger partial charge in [0.15, 0.2) is 0 Å². The summed E-state index contributed by atoms with van der Waals surface area (Å²) in [5.74, 6) is -1.19. The van der Waals surface area contributed by atoms with Gasteiger partial charge in [-0.15, -0.1) is 0 Å². The zero-order valence-electron chi connectivity index (χ0n) is 15.4. The number of carbonyl (C=O) groups is 2. The summed E-state index contributed by atoms with van der Waals surface area (Å²) in [7, 11) is 0. The summed E-state index contributed by atoms with van der Waals surface area (Å²) in [5.41, 5.74) is 2.52. The molecule has 28 heavy (non-hydrogen) atoms. The summed E-state index contributed by atoms with van der Waals surface area (Å²) in [5, 5.41) is 5.48. The van der Waals surface area contributed by atoms with E-state index in [0.29, 0.717) is 11.3 Å². The van der Waals surface area contributed by atoms with E-state index in [-0.39, 0.29) is 23.6 Å². The van der Waals surface area contributed by atoms with Crippen LogP contribution in [0.4, 0.5) is 10.1 Å². The molecular weight excluding hydrogens is 357 g/mol. The normalized spacial score (nSPS) is 10.4. The fourth-order valence-corrected chi connectivity index (χ4v) is 2.75. The number of amides is 2. The van der Waals surface area contributed by atoms with E-state index in [1.54, 1.807) is 18.2 Å². The molecule has 1 heterocycles. The van der Waals surface area contributed by atoms with Crippen molar-refractivity contribution in [2.75, 3.05) is 5.32 Å². The molecule has 2 amide bonds. The van der Waals surface area contributed by atoms with Gasteiger partial charge in [0.2, 0.25) is 0 Å². The van der Waals surface area contributed by atoms with Gasteiger partial charge in [-0.3, -0.25) is 14.6 Å². The maximum atomic E-state index is 13.7. The van der Waals surface area contributed by atoms with E-state index < -0.39 is 11.8 Å². The molecule has 1 aromatic heterocycles. The molecule has 0 aliphatic carbocycles. The Balaban J connectivity index is 1.70. The number of anilines is 1. The highest BCUT2D eigenvalue weighted by Crippen LogP contribution is 2.16. The number of rotatable bonds is 6. The van der Waals surface area contributed by atoms with Crippen LogP contribution in [0.2, 0.25) is 0 Å². The van der Waals surface area contributed by atoms with E-state index in [4.69, 9.17) is 0 Å². The minimum atomic E-state index is -0.409. The van der Waals surface area contributed by atoms with Crippen molar-refractivity contribution in [3.05, 3.63) is 95.1 Å². The fraction of sp³-hybridized carbons (Fsp3) is 0.136. The average Bonchev–Trinajstić information content (AvgIpc) is 2.73. The molecule has 0 atom stereocenters. The summed E-state index contributed by atoms with van der Waals surface area (Å²) in [6, 6.07) is 16.7. The number of nitrogens with zero attached hydrogens (tertiary/aromatic N) is 1. The first-order valence-electron chi connectivity index (χ1n) is 8.95. The second-order valence-corrected chi connectivity index (χ2v) is 6.17. The maximum absolute atomic E-state index is 13.7. The third kappa shape index (κ3) is 4.59. The van der Waals surface area contributed by atoms with Crippen molar-refractivity contribution in [3.63, 3.8) is 0 Å². The summed E-state index contributed by atoms with van der Waals surface area (Å²) in [6.07, 6.45) is 2.18. The quantitative estimate of drug-likeness (QED) is 0.683. The molecule has 0 saturated heterocycles. The highest BCUT2D eigenvalue weighted by molar-refractivity contribution is 6.05. The first-order valence-corrected chi connectivity index (χ1v) is 8.95. The van der Waals surface area contributed by atoms with E-state index in [2.05, 4.69) is 15.6 Å². The third-order valence-electron chi connectivity index (χ3n) is 4.30. The van der Waals surface area contributed by atoms with Gasteiger partial charge in [-0.05, 0) is 36.2 Å². The second kappa shape index (κ2) is 8.90. The van der Waals surface area contributed by atoms with Crippen molar-refractivity contribution in [3.8, 4) is 0 Å². The van der Waals surface area contributed by atoms with Crippen LogP contribution in [0.1, 0.15) is 38.9 Å². The highest BCUT2D eigenvalue weighted by atomic mass is 19.1. The number of hydrogen-bond donors (Lipinski definition) is 2. The van der Waals surface area contributed by atoms with E-state index in [1.807, 2.05) is 31.2 Å². The largest absolute Gasteiger partial charge is 0.348 e. The smallest absolute Gasteiger partial charge is 0.274 e. The predicted octanol–water partition coefficient (Wildman–Crippen LogP) is 3.97. The van der Waals surface area contributed by atoms with Gasteiger partial charge in [-0.2, -0.15) is 0 Å². The molecule has 0 fully saturated rings. The van der Waals surface area contributed by atoms with Gasteiger partial charge in [-0.1, -0.05) is 43.3 Å². The van der Waals surface area contributed by atoms with Crippen molar-refractivity contribution >= 4 is 17.5 Å². The number of aromatic nitrogens is 1. The van der Waals surface area contributed by atoms with Gasteiger partial charge >= 0.3 is 0 Å². The number of carbonyl (C=O) groups excluding carboxylic acids is 2. The standard InChI is InChI=1S/C22H20FN3O2/c1-2-15-7-4-6-10-19(15)26-22(28)20-13-16(11-12-24-20)21(27)25-14-17-8-3-5-9-18(17)23/h3-13H,2,14H2,1H3,(H,25,27)(H,26,28). The van der Waals surface area contributed by atoms with Gasteiger partial charge in [0, 0.05) is 29.6 Å². The van der Waals surface area contributed by atoms with Gasteiger partial charge in [-0.25, -0.2) is 4.39 Å². The maximum Gasteiger partial charge on any atom is 0.274 e. The topological polar surface area (TPSA) is 71.1 Å². The summed E-state index contributed by atoms with van der Waals surface area (Å²) >= 11 is 0. The van der Waals surface area contributed by atoms with Gasteiger partial charge < -0.3 is 10.6 Å². The Morgan fingerprint density at radius 3 is 2.43 bits per heavy atom. The Kier molecular flexibility index (Phi) is 6.11. The number of para-hydroxylation sites is 1. The average molecular weight is 377 g/mol. The van der Waals surface area contributed by atoms with Crippen molar-refractivity contribution in [1.82, 2.24) is 10.3 Å². The zero-order valence-corrected chi connectivity index (χ0v) is 15.4. The van der Waals surface area contributed by atoms with Crippen LogP contribution in [0.5, 0.6) is 0 Å². The van der Waals surface area contributed by atoms with Crippen LogP contribution >= 0.6 is 0 Å². The lowest BCUT2D eigenvalue weighted by atomic mass is 10.1. The van der Waals surface area contributed by atoms with Crippen molar-refractivity contribution in [2.45, 2.75) is 19.9 Å². The molecule has 0 saturated carbocycles. The molecular formula is C22H20FN3O2.